The molecule has 0 atom stereocenters. The van der Waals surface area contributed by atoms with Crippen LogP contribution >= 0.6 is 11.3 Å². The van der Waals surface area contributed by atoms with Gasteiger partial charge in [0.1, 0.15) is 5.01 Å². The third kappa shape index (κ3) is 4.42. The average Bonchev–Trinajstić information content (AvgIpc) is 2.85. The van der Waals surface area contributed by atoms with Crippen LogP contribution in [-0.2, 0) is 11.3 Å². The number of carbonyl (C=O) groups is 2. The van der Waals surface area contributed by atoms with E-state index in [0.29, 0.717) is 19.5 Å². The SMILES string of the molecule is CN(Cc1nc2ccccc2s1)C(=O)NCCCC(=O)O. The Bertz CT molecular complexity index is 608. The monoisotopic (exact) mass is 307 g/mol. The first-order valence-electron chi connectivity index (χ1n) is 6.61. The van der Waals surface area contributed by atoms with Crippen LogP contribution in [0.4, 0.5) is 4.79 Å². The Kier molecular flexibility index (Phi) is 5.10. The van der Waals surface area contributed by atoms with Crippen LogP contribution in [0.5, 0.6) is 0 Å². The number of aromatic nitrogens is 1. The zero-order valence-corrected chi connectivity index (χ0v) is 12.5. The summed E-state index contributed by atoms with van der Waals surface area (Å²) in [6, 6.07) is 7.62. The van der Waals surface area contributed by atoms with Crippen LogP contribution in [0.3, 0.4) is 0 Å². The number of benzene rings is 1. The predicted molar refractivity (Wildman–Crippen MR) is 81.4 cm³/mol. The van der Waals surface area contributed by atoms with Crippen molar-refractivity contribution in [3.63, 3.8) is 0 Å². The van der Waals surface area contributed by atoms with Gasteiger partial charge in [-0.1, -0.05) is 12.1 Å². The normalized spacial score (nSPS) is 10.5. The molecule has 0 saturated carbocycles. The number of carbonyl (C=O) groups excluding carboxylic acids is 1. The van der Waals surface area contributed by atoms with Crippen LogP contribution in [0.2, 0.25) is 0 Å². The van der Waals surface area contributed by atoms with E-state index >= 15 is 0 Å². The van der Waals surface area contributed by atoms with E-state index in [9.17, 15) is 9.59 Å². The van der Waals surface area contributed by atoms with Crippen LogP contribution in [0.15, 0.2) is 24.3 Å². The first-order chi connectivity index (χ1) is 10.1. The third-order valence-corrected chi connectivity index (χ3v) is 3.92. The first-order valence-corrected chi connectivity index (χ1v) is 7.43. The lowest BCUT2D eigenvalue weighted by Crippen LogP contribution is -2.37. The lowest BCUT2D eigenvalue weighted by molar-refractivity contribution is -0.137. The van der Waals surface area contributed by atoms with Gasteiger partial charge >= 0.3 is 12.0 Å². The zero-order valence-electron chi connectivity index (χ0n) is 11.7. The van der Waals surface area contributed by atoms with Crippen molar-refractivity contribution in [2.45, 2.75) is 19.4 Å². The predicted octanol–water partition coefficient (Wildman–Crippen LogP) is 2.30. The topological polar surface area (TPSA) is 82.5 Å². The quantitative estimate of drug-likeness (QED) is 0.802. The maximum absolute atomic E-state index is 11.9. The number of hydrogen-bond acceptors (Lipinski definition) is 4. The van der Waals surface area contributed by atoms with Gasteiger partial charge in [0, 0.05) is 20.0 Å². The maximum Gasteiger partial charge on any atom is 0.317 e. The summed E-state index contributed by atoms with van der Waals surface area (Å²) < 4.78 is 1.10. The molecule has 0 unspecified atom stereocenters. The second-order valence-electron chi connectivity index (χ2n) is 4.66. The van der Waals surface area contributed by atoms with Crippen molar-refractivity contribution in [3.05, 3.63) is 29.3 Å². The van der Waals surface area contributed by atoms with Crippen LogP contribution in [-0.4, -0.2) is 40.6 Å². The summed E-state index contributed by atoms with van der Waals surface area (Å²) in [5, 5.41) is 12.1. The number of nitrogens with zero attached hydrogens (tertiary/aromatic N) is 2. The van der Waals surface area contributed by atoms with Gasteiger partial charge in [-0.2, -0.15) is 0 Å². The summed E-state index contributed by atoms with van der Waals surface area (Å²) in [4.78, 5) is 28.2. The van der Waals surface area contributed by atoms with Gasteiger partial charge in [-0.25, -0.2) is 9.78 Å². The first kappa shape index (κ1) is 15.2. The zero-order chi connectivity index (χ0) is 15.2. The summed E-state index contributed by atoms with van der Waals surface area (Å²) in [6.45, 7) is 0.791. The minimum Gasteiger partial charge on any atom is -0.481 e. The van der Waals surface area contributed by atoms with Crippen LogP contribution in [0.25, 0.3) is 10.2 Å². The number of fused-ring (bicyclic) bond motifs is 1. The molecule has 0 aliphatic heterocycles. The van der Waals surface area contributed by atoms with Gasteiger partial charge in [-0.05, 0) is 18.6 Å². The molecule has 0 fully saturated rings. The lowest BCUT2D eigenvalue weighted by atomic mass is 10.3. The molecular weight excluding hydrogens is 290 g/mol. The van der Waals surface area contributed by atoms with Crippen molar-refractivity contribution in [3.8, 4) is 0 Å². The number of carboxylic acid groups (broad SMARTS) is 1. The highest BCUT2D eigenvalue weighted by atomic mass is 32.1. The molecule has 21 heavy (non-hydrogen) atoms. The van der Waals surface area contributed by atoms with Gasteiger partial charge < -0.3 is 15.3 Å². The number of hydrogen-bond donors (Lipinski definition) is 2. The van der Waals surface area contributed by atoms with Crippen molar-refractivity contribution in [1.82, 2.24) is 15.2 Å². The molecule has 6 nitrogen and oxygen atoms in total. The summed E-state index contributed by atoms with van der Waals surface area (Å²) in [7, 11) is 1.69. The summed E-state index contributed by atoms with van der Waals surface area (Å²) in [5.41, 5.74) is 0.938. The molecule has 1 aromatic heterocycles. The van der Waals surface area contributed by atoms with E-state index in [-0.39, 0.29) is 12.5 Å². The molecule has 0 aliphatic carbocycles. The van der Waals surface area contributed by atoms with Crippen LogP contribution in [0.1, 0.15) is 17.8 Å². The Hall–Kier alpha value is -2.15. The molecule has 1 heterocycles. The molecule has 112 valence electrons. The molecule has 0 bridgehead atoms. The molecule has 0 saturated heterocycles. The van der Waals surface area contributed by atoms with Gasteiger partial charge in [0.2, 0.25) is 0 Å². The van der Waals surface area contributed by atoms with E-state index in [1.54, 1.807) is 23.3 Å². The lowest BCUT2D eigenvalue weighted by Gasteiger charge is -2.16. The van der Waals surface area contributed by atoms with E-state index in [1.807, 2.05) is 24.3 Å². The Morgan fingerprint density at radius 1 is 1.38 bits per heavy atom. The molecule has 1 aromatic carbocycles. The molecule has 2 rings (SSSR count). The minimum absolute atomic E-state index is 0.0574. The molecule has 2 N–H and O–H groups in total. The second kappa shape index (κ2) is 7.03. The molecule has 2 amide bonds. The Balaban J connectivity index is 1.84. The highest BCUT2D eigenvalue weighted by Crippen LogP contribution is 2.22. The third-order valence-electron chi connectivity index (χ3n) is 2.90. The molecule has 0 radical (unpaired) electrons. The van der Waals surface area contributed by atoms with Crippen molar-refractivity contribution >= 4 is 33.6 Å². The number of para-hydroxylation sites is 1. The maximum atomic E-state index is 11.9. The smallest absolute Gasteiger partial charge is 0.317 e. The fraction of sp³-hybridized carbons (Fsp3) is 0.357. The number of nitrogens with one attached hydrogen (secondary N) is 1. The number of amides is 2. The van der Waals surface area contributed by atoms with Crippen LogP contribution in [0, 0.1) is 0 Å². The molecule has 0 spiro atoms. The summed E-state index contributed by atoms with van der Waals surface area (Å²) >= 11 is 1.56. The number of rotatable bonds is 6. The van der Waals surface area contributed by atoms with Crippen molar-refractivity contribution < 1.29 is 14.7 Å². The van der Waals surface area contributed by atoms with Crippen LogP contribution < -0.4 is 5.32 Å². The average molecular weight is 307 g/mol. The van der Waals surface area contributed by atoms with Crippen molar-refractivity contribution in [1.29, 1.82) is 0 Å². The van der Waals surface area contributed by atoms with Crippen molar-refractivity contribution in [2.75, 3.05) is 13.6 Å². The minimum atomic E-state index is -0.855. The Morgan fingerprint density at radius 2 is 2.14 bits per heavy atom. The molecule has 2 aromatic rings. The second-order valence-corrected chi connectivity index (χ2v) is 5.78. The summed E-state index contributed by atoms with van der Waals surface area (Å²) in [6.07, 6.45) is 0.484. The Labute approximate surface area is 126 Å². The highest BCUT2D eigenvalue weighted by Gasteiger charge is 2.11. The molecular formula is C14H17N3O3S. The van der Waals surface area contributed by atoms with E-state index < -0.39 is 5.97 Å². The molecule has 7 heteroatoms. The van der Waals surface area contributed by atoms with E-state index in [0.717, 1.165) is 15.2 Å². The molecule has 0 aliphatic rings. The van der Waals surface area contributed by atoms with Gasteiger partial charge in [0.15, 0.2) is 0 Å². The highest BCUT2D eigenvalue weighted by molar-refractivity contribution is 7.18. The van der Waals surface area contributed by atoms with E-state index in [2.05, 4.69) is 10.3 Å². The number of carboxylic acids is 1. The number of urea groups is 1. The largest absolute Gasteiger partial charge is 0.481 e. The van der Waals surface area contributed by atoms with Crippen molar-refractivity contribution in [2.24, 2.45) is 0 Å². The van der Waals surface area contributed by atoms with E-state index in [1.165, 1.54) is 0 Å². The van der Waals surface area contributed by atoms with E-state index in [4.69, 9.17) is 5.11 Å². The fourth-order valence-corrected chi connectivity index (χ4v) is 2.85. The fourth-order valence-electron chi connectivity index (χ4n) is 1.83. The van der Waals surface area contributed by atoms with Gasteiger partial charge in [0.05, 0.1) is 16.8 Å². The standard InChI is InChI=1S/C14H17N3O3S/c1-17(14(20)15-8-4-7-13(18)19)9-12-16-10-5-2-3-6-11(10)21-12/h2-3,5-6H,4,7-9H2,1H3,(H,15,20)(H,18,19). The number of aliphatic carboxylic acids is 1. The van der Waals surface area contributed by atoms with Gasteiger partial charge in [-0.3, -0.25) is 4.79 Å². The van der Waals surface area contributed by atoms with Gasteiger partial charge in [-0.15, -0.1) is 11.3 Å². The number of thiazole rings is 1. The van der Waals surface area contributed by atoms with Gasteiger partial charge in [0.25, 0.3) is 0 Å². The summed E-state index contributed by atoms with van der Waals surface area (Å²) in [5.74, 6) is -0.855. The Morgan fingerprint density at radius 3 is 2.86 bits per heavy atom.